The Labute approximate surface area is 112 Å². The highest BCUT2D eigenvalue weighted by Gasteiger charge is 2.21. The van der Waals surface area contributed by atoms with Crippen molar-refractivity contribution >= 4 is 0 Å². The Kier molecular flexibility index (Phi) is 3.20. The van der Waals surface area contributed by atoms with Gasteiger partial charge < -0.3 is 4.98 Å². The molecule has 3 heteroatoms. The molecule has 0 amide bonds. The molecule has 0 aliphatic heterocycles. The maximum Gasteiger partial charge on any atom is 0.254 e. The minimum atomic E-state index is 0.0435. The maximum atomic E-state index is 12.2. The first-order chi connectivity index (χ1) is 9.28. The van der Waals surface area contributed by atoms with Crippen LogP contribution in [0.15, 0.2) is 35.1 Å². The van der Waals surface area contributed by atoms with Gasteiger partial charge >= 0.3 is 0 Å². The number of nitrogens with zero attached hydrogens (tertiary/aromatic N) is 1. The summed E-state index contributed by atoms with van der Waals surface area (Å²) in [4.78, 5) is 19.8. The second kappa shape index (κ2) is 5.00. The van der Waals surface area contributed by atoms with Crippen molar-refractivity contribution in [2.45, 2.75) is 32.6 Å². The van der Waals surface area contributed by atoms with Gasteiger partial charge in [0.2, 0.25) is 0 Å². The highest BCUT2D eigenvalue weighted by molar-refractivity contribution is 5.54. The Balaban J connectivity index is 2.04. The average Bonchev–Trinajstić information content (AvgIpc) is 2.48. The van der Waals surface area contributed by atoms with Crippen molar-refractivity contribution in [3.8, 4) is 11.4 Å². The zero-order chi connectivity index (χ0) is 13.2. The number of hydrogen-bond donors (Lipinski definition) is 1. The summed E-state index contributed by atoms with van der Waals surface area (Å²) < 4.78 is 0. The quantitative estimate of drug-likeness (QED) is 0.895. The zero-order valence-electron chi connectivity index (χ0n) is 11.1. The van der Waals surface area contributed by atoms with Crippen LogP contribution < -0.4 is 5.56 Å². The van der Waals surface area contributed by atoms with E-state index in [1.54, 1.807) is 0 Å². The molecule has 1 aliphatic rings. The Morgan fingerprint density at radius 1 is 1.32 bits per heavy atom. The summed E-state index contributed by atoms with van der Waals surface area (Å²) in [6.45, 7) is 2.19. The van der Waals surface area contributed by atoms with Crippen LogP contribution in [0.2, 0.25) is 0 Å². The standard InChI is InChI=1S/C16H18N2O/c1-2-11-8-9-14-13(10-11)16(19)18-15(17-14)12-6-4-3-5-7-12/h3-7,11H,2,8-10H2,1H3,(H,17,18,19). The van der Waals surface area contributed by atoms with Crippen molar-refractivity contribution in [1.29, 1.82) is 0 Å². The van der Waals surface area contributed by atoms with E-state index in [0.29, 0.717) is 11.7 Å². The minimum Gasteiger partial charge on any atom is -0.306 e. The zero-order valence-corrected chi connectivity index (χ0v) is 11.1. The van der Waals surface area contributed by atoms with Gasteiger partial charge in [0.25, 0.3) is 5.56 Å². The van der Waals surface area contributed by atoms with Crippen LogP contribution >= 0.6 is 0 Å². The van der Waals surface area contributed by atoms with Crippen molar-refractivity contribution in [2.24, 2.45) is 5.92 Å². The smallest absolute Gasteiger partial charge is 0.254 e. The largest absolute Gasteiger partial charge is 0.306 e. The van der Waals surface area contributed by atoms with Crippen molar-refractivity contribution in [3.63, 3.8) is 0 Å². The molecular formula is C16H18N2O. The first-order valence-corrected chi connectivity index (χ1v) is 6.95. The predicted octanol–water partition coefficient (Wildman–Crippen LogP) is 2.95. The number of nitrogens with one attached hydrogen (secondary N) is 1. The molecule has 19 heavy (non-hydrogen) atoms. The average molecular weight is 254 g/mol. The van der Waals surface area contributed by atoms with E-state index in [9.17, 15) is 4.79 Å². The lowest BCUT2D eigenvalue weighted by Gasteiger charge is -2.22. The van der Waals surface area contributed by atoms with Gasteiger partial charge in [-0.1, -0.05) is 43.7 Å². The molecule has 1 heterocycles. The second-order valence-corrected chi connectivity index (χ2v) is 5.22. The molecule has 1 atom stereocenters. The molecule has 0 saturated carbocycles. The molecular weight excluding hydrogens is 236 g/mol. The molecule has 0 fully saturated rings. The number of aromatic amines is 1. The maximum absolute atomic E-state index is 12.2. The van der Waals surface area contributed by atoms with Crippen LogP contribution in [-0.2, 0) is 12.8 Å². The van der Waals surface area contributed by atoms with E-state index in [1.165, 1.54) is 0 Å². The number of benzene rings is 1. The van der Waals surface area contributed by atoms with Crippen LogP contribution in [0.1, 0.15) is 31.0 Å². The SMILES string of the molecule is CCC1CCc2nc(-c3ccccc3)[nH]c(=O)c2C1. The van der Waals surface area contributed by atoms with Crippen LogP contribution in [0.4, 0.5) is 0 Å². The summed E-state index contributed by atoms with van der Waals surface area (Å²) in [7, 11) is 0. The third-order valence-electron chi connectivity index (χ3n) is 4.01. The number of fused-ring (bicyclic) bond motifs is 1. The van der Waals surface area contributed by atoms with Crippen molar-refractivity contribution in [2.75, 3.05) is 0 Å². The van der Waals surface area contributed by atoms with Gasteiger partial charge in [0.15, 0.2) is 0 Å². The topological polar surface area (TPSA) is 45.8 Å². The van der Waals surface area contributed by atoms with Crippen LogP contribution in [-0.4, -0.2) is 9.97 Å². The fraction of sp³-hybridized carbons (Fsp3) is 0.375. The molecule has 1 aromatic carbocycles. The van der Waals surface area contributed by atoms with Crippen LogP contribution in [0, 0.1) is 5.92 Å². The van der Waals surface area contributed by atoms with E-state index in [-0.39, 0.29) is 5.56 Å². The van der Waals surface area contributed by atoms with Crippen LogP contribution in [0.25, 0.3) is 11.4 Å². The molecule has 1 aliphatic carbocycles. The van der Waals surface area contributed by atoms with E-state index in [2.05, 4.69) is 16.9 Å². The molecule has 1 N–H and O–H groups in total. The Morgan fingerprint density at radius 3 is 2.84 bits per heavy atom. The van der Waals surface area contributed by atoms with Gasteiger partial charge in [0, 0.05) is 11.1 Å². The minimum absolute atomic E-state index is 0.0435. The van der Waals surface area contributed by atoms with Gasteiger partial charge in [-0.2, -0.15) is 0 Å². The van der Waals surface area contributed by atoms with Gasteiger partial charge in [-0.25, -0.2) is 4.98 Å². The fourth-order valence-electron chi connectivity index (χ4n) is 2.77. The number of hydrogen-bond acceptors (Lipinski definition) is 2. The number of H-pyrrole nitrogens is 1. The molecule has 3 rings (SSSR count). The first kappa shape index (κ1) is 12.2. The molecule has 0 radical (unpaired) electrons. The van der Waals surface area contributed by atoms with E-state index < -0.39 is 0 Å². The molecule has 3 nitrogen and oxygen atoms in total. The lowest BCUT2D eigenvalue weighted by Crippen LogP contribution is -2.25. The normalized spacial score (nSPS) is 18.1. The van der Waals surface area contributed by atoms with Crippen LogP contribution in [0.3, 0.4) is 0 Å². The van der Waals surface area contributed by atoms with Crippen molar-refractivity contribution in [1.82, 2.24) is 9.97 Å². The first-order valence-electron chi connectivity index (χ1n) is 6.95. The highest BCUT2D eigenvalue weighted by Crippen LogP contribution is 2.25. The summed E-state index contributed by atoms with van der Waals surface area (Å²) in [5.41, 5.74) is 2.91. The fourth-order valence-corrected chi connectivity index (χ4v) is 2.77. The van der Waals surface area contributed by atoms with Gasteiger partial charge in [-0.3, -0.25) is 4.79 Å². The molecule has 0 spiro atoms. The predicted molar refractivity (Wildman–Crippen MR) is 76.1 cm³/mol. The molecule has 0 bridgehead atoms. The Bertz CT molecular complexity index is 631. The van der Waals surface area contributed by atoms with E-state index in [0.717, 1.165) is 42.5 Å². The van der Waals surface area contributed by atoms with Gasteiger partial charge in [-0.05, 0) is 25.2 Å². The van der Waals surface area contributed by atoms with E-state index >= 15 is 0 Å². The molecule has 2 aromatic rings. The third-order valence-corrected chi connectivity index (χ3v) is 4.01. The van der Waals surface area contributed by atoms with Gasteiger partial charge in [0.1, 0.15) is 5.82 Å². The monoisotopic (exact) mass is 254 g/mol. The summed E-state index contributed by atoms with van der Waals surface area (Å²) in [5.74, 6) is 1.33. The lowest BCUT2D eigenvalue weighted by atomic mass is 9.85. The van der Waals surface area contributed by atoms with E-state index in [4.69, 9.17) is 0 Å². The molecule has 0 saturated heterocycles. The molecule has 98 valence electrons. The van der Waals surface area contributed by atoms with Gasteiger partial charge in [0.05, 0.1) is 5.69 Å². The third kappa shape index (κ3) is 2.33. The Morgan fingerprint density at radius 2 is 2.11 bits per heavy atom. The van der Waals surface area contributed by atoms with Crippen molar-refractivity contribution < 1.29 is 0 Å². The Hall–Kier alpha value is -1.90. The van der Waals surface area contributed by atoms with Crippen molar-refractivity contribution in [3.05, 3.63) is 51.9 Å². The molecule has 1 aromatic heterocycles. The number of aromatic nitrogens is 2. The summed E-state index contributed by atoms with van der Waals surface area (Å²) in [5, 5.41) is 0. The van der Waals surface area contributed by atoms with Crippen LogP contribution in [0.5, 0.6) is 0 Å². The van der Waals surface area contributed by atoms with Gasteiger partial charge in [-0.15, -0.1) is 0 Å². The number of rotatable bonds is 2. The summed E-state index contributed by atoms with van der Waals surface area (Å²) in [6, 6.07) is 9.83. The highest BCUT2D eigenvalue weighted by atomic mass is 16.1. The summed E-state index contributed by atoms with van der Waals surface area (Å²) in [6.07, 6.45) is 4.09. The van der Waals surface area contributed by atoms with E-state index in [1.807, 2.05) is 30.3 Å². The lowest BCUT2D eigenvalue weighted by molar-refractivity contribution is 0.436. The summed E-state index contributed by atoms with van der Waals surface area (Å²) >= 11 is 0. The molecule has 1 unspecified atom stereocenters. The second-order valence-electron chi connectivity index (χ2n) is 5.22. The number of aryl methyl sites for hydroxylation is 1.